The molecular formula is C12H7ClN4O3. The molecule has 0 aliphatic rings. The van der Waals surface area contributed by atoms with Crippen molar-refractivity contribution < 1.29 is 9.66 Å². The van der Waals surface area contributed by atoms with Crippen molar-refractivity contribution in [2.45, 2.75) is 6.92 Å². The number of nitriles is 1. The van der Waals surface area contributed by atoms with Crippen molar-refractivity contribution in [3.8, 4) is 17.8 Å². The van der Waals surface area contributed by atoms with Gasteiger partial charge in [-0.1, -0.05) is 11.6 Å². The second-order valence-corrected chi connectivity index (χ2v) is 4.17. The van der Waals surface area contributed by atoms with E-state index in [0.717, 1.165) is 0 Å². The van der Waals surface area contributed by atoms with Gasteiger partial charge in [-0.25, -0.2) is 4.98 Å². The highest BCUT2D eigenvalue weighted by atomic mass is 35.5. The van der Waals surface area contributed by atoms with Gasteiger partial charge >= 0.3 is 6.01 Å². The van der Waals surface area contributed by atoms with E-state index < -0.39 is 4.92 Å². The lowest BCUT2D eigenvalue weighted by molar-refractivity contribution is -0.384. The molecule has 7 nitrogen and oxygen atoms in total. The van der Waals surface area contributed by atoms with Gasteiger partial charge in [0.05, 0.1) is 16.0 Å². The summed E-state index contributed by atoms with van der Waals surface area (Å²) in [4.78, 5) is 18.0. The minimum absolute atomic E-state index is 0.0513. The zero-order valence-corrected chi connectivity index (χ0v) is 11.0. The third-order valence-corrected chi connectivity index (χ3v) is 2.59. The van der Waals surface area contributed by atoms with Gasteiger partial charge in [0.25, 0.3) is 5.69 Å². The Kier molecular flexibility index (Phi) is 3.77. The first kappa shape index (κ1) is 13.7. The van der Waals surface area contributed by atoms with Gasteiger partial charge in [-0.15, -0.1) is 0 Å². The Morgan fingerprint density at radius 2 is 2.15 bits per heavy atom. The lowest BCUT2D eigenvalue weighted by Crippen LogP contribution is -1.97. The van der Waals surface area contributed by atoms with Gasteiger partial charge in [-0.05, 0) is 19.1 Å². The number of hydrogen-bond acceptors (Lipinski definition) is 6. The summed E-state index contributed by atoms with van der Waals surface area (Å²) in [5.74, 6) is 0.0513. The summed E-state index contributed by atoms with van der Waals surface area (Å²) in [6, 6.07) is 7.03. The van der Waals surface area contributed by atoms with E-state index in [9.17, 15) is 10.1 Å². The van der Waals surface area contributed by atoms with Gasteiger partial charge in [0.2, 0.25) is 0 Å². The molecule has 0 saturated carbocycles. The molecule has 0 bridgehead atoms. The number of aromatic nitrogens is 2. The molecule has 2 aromatic rings. The molecule has 1 aromatic carbocycles. The number of nitro benzene ring substituents is 1. The first-order chi connectivity index (χ1) is 9.49. The monoisotopic (exact) mass is 290 g/mol. The average molecular weight is 291 g/mol. The Labute approximate surface area is 118 Å². The van der Waals surface area contributed by atoms with Crippen LogP contribution < -0.4 is 4.74 Å². The minimum atomic E-state index is -0.568. The van der Waals surface area contributed by atoms with Crippen molar-refractivity contribution >= 4 is 17.3 Å². The van der Waals surface area contributed by atoms with Gasteiger partial charge in [-0.2, -0.15) is 10.2 Å². The van der Waals surface area contributed by atoms with E-state index in [4.69, 9.17) is 21.6 Å². The largest absolute Gasteiger partial charge is 0.422 e. The Morgan fingerprint density at radius 1 is 1.40 bits per heavy atom. The van der Waals surface area contributed by atoms with Crippen LogP contribution in [-0.4, -0.2) is 14.9 Å². The van der Waals surface area contributed by atoms with Crippen LogP contribution in [0.2, 0.25) is 5.02 Å². The van der Waals surface area contributed by atoms with Gasteiger partial charge in [0, 0.05) is 11.8 Å². The van der Waals surface area contributed by atoms with Crippen molar-refractivity contribution in [1.29, 1.82) is 5.26 Å². The molecule has 1 aromatic heterocycles. The summed E-state index contributed by atoms with van der Waals surface area (Å²) in [6.45, 7) is 1.67. The molecule has 0 unspecified atom stereocenters. The smallest absolute Gasteiger partial charge is 0.323 e. The fraction of sp³-hybridized carbons (Fsp3) is 0.0833. The van der Waals surface area contributed by atoms with Crippen LogP contribution in [0.25, 0.3) is 0 Å². The SMILES string of the molecule is Cc1cc(C#N)nc(Oc2cc([N+](=O)[O-])ccc2Cl)n1. The van der Waals surface area contributed by atoms with E-state index in [1.54, 1.807) is 6.92 Å². The average Bonchev–Trinajstić information content (AvgIpc) is 2.40. The van der Waals surface area contributed by atoms with Crippen molar-refractivity contribution in [2.75, 3.05) is 0 Å². The van der Waals surface area contributed by atoms with Crippen LogP contribution in [0.4, 0.5) is 5.69 Å². The number of benzene rings is 1. The second kappa shape index (κ2) is 5.50. The van der Waals surface area contributed by atoms with Gasteiger partial charge in [0.1, 0.15) is 11.8 Å². The lowest BCUT2D eigenvalue weighted by Gasteiger charge is -2.06. The van der Waals surface area contributed by atoms with Crippen LogP contribution in [0.15, 0.2) is 24.3 Å². The molecule has 0 radical (unpaired) electrons. The highest BCUT2D eigenvalue weighted by Crippen LogP contribution is 2.31. The number of rotatable bonds is 3. The van der Waals surface area contributed by atoms with Gasteiger partial charge < -0.3 is 4.74 Å². The van der Waals surface area contributed by atoms with Crippen LogP contribution in [0.5, 0.6) is 11.8 Å². The van der Waals surface area contributed by atoms with Gasteiger partial charge in [-0.3, -0.25) is 10.1 Å². The maximum atomic E-state index is 10.7. The Bertz CT molecular complexity index is 727. The first-order valence-electron chi connectivity index (χ1n) is 5.37. The highest BCUT2D eigenvalue weighted by molar-refractivity contribution is 6.32. The number of nitrogens with zero attached hydrogens (tertiary/aromatic N) is 4. The predicted molar refractivity (Wildman–Crippen MR) is 69.7 cm³/mol. The zero-order valence-electron chi connectivity index (χ0n) is 10.2. The maximum Gasteiger partial charge on any atom is 0.323 e. The number of ether oxygens (including phenoxy) is 1. The topological polar surface area (TPSA) is 102 Å². The normalized spacial score (nSPS) is 9.85. The van der Waals surface area contributed by atoms with Crippen molar-refractivity contribution in [3.63, 3.8) is 0 Å². The van der Waals surface area contributed by atoms with Gasteiger partial charge in [0.15, 0.2) is 5.75 Å². The van der Waals surface area contributed by atoms with E-state index in [1.165, 1.54) is 24.3 Å². The number of nitro groups is 1. The van der Waals surface area contributed by atoms with E-state index in [-0.39, 0.29) is 28.2 Å². The Balaban J connectivity index is 2.39. The van der Waals surface area contributed by atoms with E-state index >= 15 is 0 Å². The van der Waals surface area contributed by atoms with Crippen molar-refractivity contribution in [3.05, 3.63) is 50.8 Å². The molecular weight excluding hydrogens is 284 g/mol. The molecule has 0 amide bonds. The summed E-state index contributed by atoms with van der Waals surface area (Å²) in [5, 5.41) is 19.7. The molecule has 0 spiro atoms. The third-order valence-electron chi connectivity index (χ3n) is 2.28. The number of halogens is 1. The number of hydrogen-bond donors (Lipinski definition) is 0. The molecule has 2 rings (SSSR count). The fourth-order valence-corrected chi connectivity index (χ4v) is 1.58. The summed E-state index contributed by atoms with van der Waals surface area (Å²) < 4.78 is 5.31. The quantitative estimate of drug-likeness (QED) is 0.636. The summed E-state index contributed by atoms with van der Waals surface area (Å²) >= 11 is 5.90. The van der Waals surface area contributed by atoms with Crippen LogP contribution >= 0.6 is 11.6 Å². The standard InChI is InChI=1S/C12H7ClN4O3/c1-7-4-8(6-14)16-12(15-7)20-11-5-9(17(18)19)2-3-10(11)13/h2-5H,1H3. The summed E-state index contributed by atoms with van der Waals surface area (Å²) in [5.41, 5.74) is 0.500. The molecule has 0 aliphatic carbocycles. The van der Waals surface area contributed by atoms with Crippen LogP contribution in [0.3, 0.4) is 0 Å². The van der Waals surface area contributed by atoms with Crippen LogP contribution in [0, 0.1) is 28.4 Å². The molecule has 0 atom stereocenters. The molecule has 20 heavy (non-hydrogen) atoms. The zero-order chi connectivity index (χ0) is 14.7. The van der Waals surface area contributed by atoms with Crippen molar-refractivity contribution in [2.24, 2.45) is 0 Å². The van der Waals surface area contributed by atoms with Crippen LogP contribution in [0.1, 0.15) is 11.4 Å². The number of aryl methyl sites for hydroxylation is 1. The molecule has 100 valence electrons. The van der Waals surface area contributed by atoms with E-state index in [0.29, 0.717) is 5.69 Å². The van der Waals surface area contributed by atoms with Crippen LogP contribution in [-0.2, 0) is 0 Å². The minimum Gasteiger partial charge on any atom is -0.422 e. The number of non-ortho nitro benzene ring substituents is 1. The summed E-state index contributed by atoms with van der Waals surface area (Å²) in [6.07, 6.45) is 0. The Morgan fingerprint density at radius 3 is 2.80 bits per heavy atom. The predicted octanol–water partition coefficient (Wildman–Crippen LogP) is 3.01. The second-order valence-electron chi connectivity index (χ2n) is 3.76. The molecule has 0 aliphatic heterocycles. The maximum absolute atomic E-state index is 10.7. The fourth-order valence-electron chi connectivity index (χ4n) is 1.43. The molecule has 8 heteroatoms. The molecule has 0 N–H and O–H groups in total. The highest BCUT2D eigenvalue weighted by Gasteiger charge is 2.13. The molecule has 0 fully saturated rings. The van der Waals surface area contributed by atoms with Crippen molar-refractivity contribution in [1.82, 2.24) is 9.97 Å². The summed E-state index contributed by atoms with van der Waals surface area (Å²) in [7, 11) is 0. The third kappa shape index (κ3) is 2.99. The lowest BCUT2D eigenvalue weighted by atomic mass is 10.3. The molecule has 0 saturated heterocycles. The Hall–Kier alpha value is -2.72. The first-order valence-corrected chi connectivity index (χ1v) is 5.75. The molecule has 1 heterocycles. The van der Waals surface area contributed by atoms with E-state index in [2.05, 4.69) is 9.97 Å². The van der Waals surface area contributed by atoms with E-state index in [1.807, 2.05) is 6.07 Å².